The maximum absolute atomic E-state index is 12.2. The molecule has 5 nitrogen and oxygen atoms in total. The zero-order chi connectivity index (χ0) is 20.5. The Balaban J connectivity index is 1.55. The molecular formula is C23H21BrN2O3. The molecule has 0 radical (unpaired) electrons. The fraction of sp³-hybridized carbons (Fsp3) is 0.130. The Morgan fingerprint density at radius 2 is 1.79 bits per heavy atom. The lowest BCUT2D eigenvalue weighted by molar-refractivity contribution is 0.0955. The van der Waals surface area contributed by atoms with Crippen molar-refractivity contribution in [3.05, 3.63) is 94.0 Å². The van der Waals surface area contributed by atoms with Crippen LogP contribution in [-0.2, 0) is 6.61 Å². The van der Waals surface area contributed by atoms with Crippen molar-refractivity contribution in [3.63, 3.8) is 0 Å². The van der Waals surface area contributed by atoms with Crippen LogP contribution in [0.1, 0.15) is 28.4 Å². The molecule has 6 heteroatoms. The Hall–Kier alpha value is -3.12. The molecule has 0 fully saturated rings. The number of ether oxygens (including phenoxy) is 2. The Labute approximate surface area is 178 Å². The molecule has 0 aliphatic carbocycles. The number of nitrogens with one attached hydrogen (secondary N) is 1. The van der Waals surface area contributed by atoms with Crippen LogP contribution in [0.4, 0.5) is 0 Å². The van der Waals surface area contributed by atoms with Crippen molar-refractivity contribution in [2.75, 3.05) is 6.61 Å². The molecule has 0 saturated heterocycles. The smallest absolute Gasteiger partial charge is 0.271 e. The normalized spacial score (nSPS) is 10.7. The molecule has 1 N–H and O–H groups in total. The fourth-order valence-electron chi connectivity index (χ4n) is 2.55. The molecule has 148 valence electrons. The second-order valence-electron chi connectivity index (χ2n) is 6.12. The van der Waals surface area contributed by atoms with Crippen LogP contribution in [0.15, 0.2) is 82.4 Å². The van der Waals surface area contributed by atoms with Gasteiger partial charge in [0, 0.05) is 5.56 Å². The minimum Gasteiger partial charge on any atom is -0.494 e. The average Bonchev–Trinajstić information content (AvgIpc) is 2.74. The van der Waals surface area contributed by atoms with Gasteiger partial charge in [0.15, 0.2) is 0 Å². The van der Waals surface area contributed by atoms with Crippen LogP contribution < -0.4 is 14.9 Å². The van der Waals surface area contributed by atoms with E-state index in [4.69, 9.17) is 9.47 Å². The topological polar surface area (TPSA) is 59.9 Å². The van der Waals surface area contributed by atoms with Gasteiger partial charge in [-0.15, -0.1) is 0 Å². The predicted octanol–water partition coefficient (Wildman–Crippen LogP) is 5.19. The quantitative estimate of drug-likeness (QED) is 0.377. The first-order chi connectivity index (χ1) is 14.2. The van der Waals surface area contributed by atoms with Crippen LogP contribution in [0.3, 0.4) is 0 Å². The van der Waals surface area contributed by atoms with Crippen molar-refractivity contribution in [1.29, 1.82) is 0 Å². The van der Waals surface area contributed by atoms with Crippen molar-refractivity contribution < 1.29 is 14.3 Å². The van der Waals surface area contributed by atoms with Crippen LogP contribution in [0, 0.1) is 0 Å². The summed E-state index contributed by atoms with van der Waals surface area (Å²) < 4.78 is 12.0. The van der Waals surface area contributed by atoms with E-state index in [2.05, 4.69) is 26.5 Å². The molecule has 0 atom stereocenters. The number of hydrazone groups is 1. The standard InChI is InChI=1S/C23H21BrN2O3/c1-2-28-20-11-9-19(10-12-20)23(27)26-25-15-18-8-13-22(21(24)14-18)29-16-17-6-4-3-5-7-17/h3-15H,2,16H2,1H3,(H,26,27)/b25-15+. The monoisotopic (exact) mass is 452 g/mol. The minimum atomic E-state index is -0.286. The largest absolute Gasteiger partial charge is 0.494 e. The van der Waals surface area contributed by atoms with E-state index in [1.807, 2.05) is 55.5 Å². The van der Waals surface area contributed by atoms with Crippen LogP contribution in [-0.4, -0.2) is 18.7 Å². The number of benzene rings is 3. The van der Waals surface area contributed by atoms with E-state index in [1.54, 1.807) is 30.5 Å². The van der Waals surface area contributed by atoms with Gasteiger partial charge in [-0.3, -0.25) is 4.79 Å². The summed E-state index contributed by atoms with van der Waals surface area (Å²) in [5.41, 5.74) is 4.96. The number of nitrogens with zero attached hydrogens (tertiary/aromatic N) is 1. The zero-order valence-corrected chi connectivity index (χ0v) is 17.6. The van der Waals surface area contributed by atoms with Gasteiger partial charge < -0.3 is 9.47 Å². The molecule has 0 heterocycles. The van der Waals surface area contributed by atoms with Crippen molar-refractivity contribution in [2.45, 2.75) is 13.5 Å². The molecule has 0 spiro atoms. The van der Waals surface area contributed by atoms with Gasteiger partial charge in [-0.1, -0.05) is 30.3 Å². The minimum absolute atomic E-state index is 0.286. The zero-order valence-electron chi connectivity index (χ0n) is 16.0. The number of halogens is 1. The molecule has 1 amide bonds. The lowest BCUT2D eigenvalue weighted by Crippen LogP contribution is -2.17. The first-order valence-corrected chi connectivity index (χ1v) is 9.97. The number of amides is 1. The van der Waals surface area contributed by atoms with Crippen LogP contribution in [0.2, 0.25) is 0 Å². The predicted molar refractivity (Wildman–Crippen MR) is 118 cm³/mol. The third-order valence-electron chi connectivity index (χ3n) is 4.00. The summed E-state index contributed by atoms with van der Waals surface area (Å²) >= 11 is 3.51. The Morgan fingerprint density at radius 3 is 2.48 bits per heavy atom. The summed E-state index contributed by atoms with van der Waals surface area (Å²) in [5.74, 6) is 1.18. The van der Waals surface area contributed by atoms with Gasteiger partial charge in [-0.2, -0.15) is 5.10 Å². The molecule has 0 saturated carbocycles. The van der Waals surface area contributed by atoms with Gasteiger partial charge in [0.2, 0.25) is 0 Å². The van der Waals surface area contributed by atoms with Gasteiger partial charge in [0.25, 0.3) is 5.91 Å². The number of hydrogen-bond donors (Lipinski definition) is 1. The van der Waals surface area contributed by atoms with Crippen molar-refractivity contribution >= 4 is 28.1 Å². The first-order valence-electron chi connectivity index (χ1n) is 9.18. The lowest BCUT2D eigenvalue weighted by Gasteiger charge is -2.09. The highest BCUT2D eigenvalue weighted by molar-refractivity contribution is 9.10. The molecule has 3 aromatic carbocycles. The number of hydrogen-bond acceptors (Lipinski definition) is 4. The van der Waals surface area contributed by atoms with E-state index >= 15 is 0 Å². The van der Waals surface area contributed by atoms with E-state index in [1.165, 1.54) is 0 Å². The fourth-order valence-corrected chi connectivity index (χ4v) is 3.06. The van der Waals surface area contributed by atoms with Gasteiger partial charge in [-0.25, -0.2) is 5.43 Å². The number of rotatable bonds is 8. The first kappa shape index (κ1) is 20.6. The highest BCUT2D eigenvalue weighted by Crippen LogP contribution is 2.26. The highest BCUT2D eigenvalue weighted by atomic mass is 79.9. The molecule has 0 aliphatic rings. The van der Waals surface area contributed by atoms with Gasteiger partial charge in [-0.05, 0) is 76.4 Å². The maximum atomic E-state index is 12.2. The summed E-state index contributed by atoms with van der Waals surface area (Å²) in [5, 5.41) is 4.02. The Morgan fingerprint density at radius 1 is 1.03 bits per heavy atom. The second kappa shape index (κ2) is 10.4. The highest BCUT2D eigenvalue weighted by Gasteiger charge is 2.05. The Bertz CT molecular complexity index is 973. The van der Waals surface area contributed by atoms with Gasteiger partial charge in [0.05, 0.1) is 17.3 Å². The molecule has 0 bridgehead atoms. The summed E-state index contributed by atoms with van der Waals surface area (Å²) in [6, 6.07) is 22.5. The number of carbonyl (C=O) groups is 1. The third-order valence-corrected chi connectivity index (χ3v) is 4.62. The van der Waals surface area contributed by atoms with Crippen molar-refractivity contribution in [2.24, 2.45) is 5.10 Å². The van der Waals surface area contributed by atoms with E-state index in [9.17, 15) is 4.79 Å². The molecule has 3 rings (SSSR count). The molecule has 29 heavy (non-hydrogen) atoms. The van der Waals surface area contributed by atoms with E-state index in [0.29, 0.717) is 18.8 Å². The van der Waals surface area contributed by atoms with E-state index < -0.39 is 0 Å². The van der Waals surface area contributed by atoms with Crippen molar-refractivity contribution in [1.82, 2.24) is 5.43 Å². The van der Waals surface area contributed by atoms with Crippen LogP contribution >= 0.6 is 15.9 Å². The SMILES string of the molecule is CCOc1ccc(C(=O)N/N=C/c2ccc(OCc3ccccc3)c(Br)c2)cc1. The van der Waals surface area contributed by atoms with Crippen LogP contribution in [0.5, 0.6) is 11.5 Å². The molecule has 0 unspecified atom stereocenters. The molecule has 0 aliphatic heterocycles. The Kier molecular flexibility index (Phi) is 7.41. The molecular weight excluding hydrogens is 432 g/mol. The van der Waals surface area contributed by atoms with E-state index in [-0.39, 0.29) is 5.91 Å². The third kappa shape index (κ3) is 6.19. The van der Waals surface area contributed by atoms with Crippen LogP contribution in [0.25, 0.3) is 0 Å². The maximum Gasteiger partial charge on any atom is 0.271 e. The average molecular weight is 453 g/mol. The molecule has 0 aromatic heterocycles. The summed E-state index contributed by atoms with van der Waals surface area (Å²) in [7, 11) is 0. The van der Waals surface area contributed by atoms with Gasteiger partial charge >= 0.3 is 0 Å². The number of carbonyl (C=O) groups excluding carboxylic acids is 1. The lowest BCUT2D eigenvalue weighted by atomic mass is 10.2. The summed E-state index contributed by atoms with van der Waals surface area (Å²) in [6.07, 6.45) is 1.58. The summed E-state index contributed by atoms with van der Waals surface area (Å²) in [4.78, 5) is 12.2. The summed E-state index contributed by atoms with van der Waals surface area (Å²) in [6.45, 7) is 2.99. The molecule has 3 aromatic rings. The second-order valence-corrected chi connectivity index (χ2v) is 6.97. The van der Waals surface area contributed by atoms with Gasteiger partial charge in [0.1, 0.15) is 18.1 Å². The van der Waals surface area contributed by atoms with Crippen molar-refractivity contribution in [3.8, 4) is 11.5 Å². The van der Waals surface area contributed by atoms with E-state index in [0.717, 1.165) is 27.1 Å².